The second kappa shape index (κ2) is 14.6. The standard InChI is InChI=1S/C25H25NO4S.C8H11N/c1-2-29-22(25(27)28)17-18-11-13-19(14-12-18)30-16-15-26-20-7-3-5-9-23(20)31-24-10-6-4-8-21(24)26;1-7(9)8-5-3-2-4-6-8/h3-14,22H,2,15-17H2,1H3,(H,27,28);2-7H,9H2,1H3. The van der Waals surface area contributed by atoms with Crippen LogP contribution in [0.4, 0.5) is 11.4 Å². The molecule has 4 aromatic carbocycles. The van der Waals surface area contributed by atoms with Crippen molar-refractivity contribution in [1.29, 1.82) is 0 Å². The van der Waals surface area contributed by atoms with Gasteiger partial charge in [-0.15, -0.1) is 0 Å². The molecule has 2 atom stereocenters. The maximum Gasteiger partial charge on any atom is 0.333 e. The Balaban J connectivity index is 0.000000350. The van der Waals surface area contributed by atoms with E-state index in [2.05, 4.69) is 53.4 Å². The first-order valence-electron chi connectivity index (χ1n) is 13.5. The summed E-state index contributed by atoms with van der Waals surface area (Å²) in [6.07, 6.45) is -0.489. The molecule has 0 saturated carbocycles. The Morgan fingerprint density at radius 2 is 1.45 bits per heavy atom. The minimum atomic E-state index is -0.942. The largest absolute Gasteiger partial charge is 0.492 e. The lowest BCUT2D eigenvalue weighted by atomic mass is 10.1. The van der Waals surface area contributed by atoms with Crippen LogP contribution in [0.5, 0.6) is 5.75 Å². The van der Waals surface area contributed by atoms with E-state index >= 15 is 0 Å². The summed E-state index contributed by atoms with van der Waals surface area (Å²) in [5.41, 5.74) is 10.1. The average Bonchev–Trinajstić information content (AvgIpc) is 2.98. The predicted molar refractivity (Wildman–Crippen MR) is 162 cm³/mol. The molecular weight excluding hydrogens is 520 g/mol. The first-order chi connectivity index (χ1) is 19.5. The van der Waals surface area contributed by atoms with Crippen molar-refractivity contribution >= 4 is 29.1 Å². The molecule has 0 aliphatic carbocycles. The van der Waals surface area contributed by atoms with Gasteiger partial charge < -0.3 is 25.2 Å². The van der Waals surface area contributed by atoms with E-state index in [1.165, 1.54) is 26.7 Å². The van der Waals surface area contributed by atoms with Crippen molar-refractivity contribution in [2.45, 2.75) is 42.2 Å². The second-order valence-corrected chi connectivity index (χ2v) is 10.5. The summed E-state index contributed by atoms with van der Waals surface area (Å²) in [6, 6.07) is 34.6. The van der Waals surface area contributed by atoms with Gasteiger partial charge in [-0.05, 0) is 61.4 Å². The van der Waals surface area contributed by atoms with Gasteiger partial charge in [0.2, 0.25) is 0 Å². The molecule has 0 bridgehead atoms. The number of fused-ring (bicyclic) bond motifs is 2. The Morgan fingerprint density at radius 1 is 0.875 bits per heavy atom. The molecule has 5 rings (SSSR count). The molecule has 7 heteroatoms. The number of nitrogens with two attached hydrogens (primary N) is 1. The summed E-state index contributed by atoms with van der Waals surface area (Å²) in [5.74, 6) is -0.178. The van der Waals surface area contributed by atoms with Gasteiger partial charge in [-0.25, -0.2) is 4.79 Å². The molecule has 0 fully saturated rings. The zero-order valence-corrected chi connectivity index (χ0v) is 23.7. The molecule has 0 spiro atoms. The van der Waals surface area contributed by atoms with Crippen LogP contribution in [0.15, 0.2) is 113 Å². The van der Waals surface area contributed by atoms with Gasteiger partial charge in [-0.1, -0.05) is 78.5 Å². The van der Waals surface area contributed by atoms with E-state index in [9.17, 15) is 9.90 Å². The Labute approximate surface area is 240 Å². The summed E-state index contributed by atoms with van der Waals surface area (Å²) in [5, 5.41) is 9.24. The minimum Gasteiger partial charge on any atom is -0.492 e. The number of hydrogen-bond donors (Lipinski definition) is 2. The van der Waals surface area contributed by atoms with Crippen molar-refractivity contribution in [2.75, 3.05) is 24.7 Å². The van der Waals surface area contributed by atoms with E-state index in [0.29, 0.717) is 19.6 Å². The number of nitrogens with zero attached hydrogens (tertiary/aromatic N) is 1. The molecule has 40 heavy (non-hydrogen) atoms. The number of aliphatic carboxylic acids is 1. The lowest BCUT2D eigenvalue weighted by Gasteiger charge is -2.32. The monoisotopic (exact) mass is 556 g/mol. The second-order valence-electron chi connectivity index (χ2n) is 9.37. The van der Waals surface area contributed by atoms with Crippen LogP contribution in [0.3, 0.4) is 0 Å². The highest BCUT2D eigenvalue weighted by Gasteiger charge is 2.22. The van der Waals surface area contributed by atoms with Crippen LogP contribution in [-0.4, -0.2) is 36.9 Å². The van der Waals surface area contributed by atoms with E-state index in [-0.39, 0.29) is 6.04 Å². The van der Waals surface area contributed by atoms with Crippen molar-refractivity contribution in [3.05, 3.63) is 114 Å². The lowest BCUT2D eigenvalue weighted by Crippen LogP contribution is -2.26. The molecule has 208 valence electrons. The molecule has 4 aromatic rings. The Kier molecular flexibility index (Phi) is 10.6. The average molecular weight is 557 g/mol. The molecule has 1 aliphatic heterocycles. The van der Waals surface area contributed by atoms with Crippen LogP contribution < -0.4 is 15.4 Å². The van der Waals surface area contributed by atoms with Crippen LogP contribution in [-0.2, 0) is 16.0 Å². The van der Waals surface area contributed by atoms with Crippen LogP contribution in [0.25, 0.3) is 0 Å². The highest BCUT2D eigenvalue weighted by atomic mass is 32.2. The quantitative estimate of drug-likeness (QED) is 0.215. The van der Waals surface area contributed by atoms with Crippen molar-refractivity contribution < 1.29 is 19.4 Å². The zero-order valence-electron chi connectivity index (χ0n) is 22.9. The molecule has 0 amide bonds. The Bertz CT molecular complexity index is 1320. The maximum atomic E-state index is 11.3. The Morgan fingerprint density at radius 3 is 1.98 bits per heavy atom. The van der Waals surface area contributed by atoms with E-state index in [1.807, 2.05) is 61.5 Å². The third-order valence-electron chi connectivity index (χ3n) is 6.43. The normalized spacial score (nSPS) is 13.2. The highest BCUT2D eigenvalue weighted by Crippen LogP contribution is 2.47. The molecule has 0 radical (unpaired) electrons. The number of carboxylic acid groups (broad SMARTS) is 1. The van der Waals surface area contributed by atoms with Crippen molar-refractivity contribution in [2.24, 2.45) is 5.73 Å². The molecule has 1 heterocycles. The third kappa shape index (κ3) is 7.88. The molecule has 1 aliphatic rings. The topological polar surface area (TPSA) is 85.0 Å². The van der Waals surface area contributed by atoms with Gasteiger partial charge >= 0.3 is 5.97 Å². The van der Waals surface area contributed by atoms with Gasteiger partial charge in [0.1, 0.15) is 12.4 Å². The number of benzene rings is 4. The van der Waals surface area contributed by atoms with Gasteiger partial charge in [0.25, 0.3) is 0 Å². The highest BCUT2D eigenvalue weighted by molar-refractivity contribution is 7.99. The summed E-state index contributed by atoms with van der Waals surface area (Å²) in [7, 11) is 0. The van der Waals surface area contributed by atoms with Crippen LogP contribution in [0.2, 0.25) is 0 Å². The van der Waals surface area contributed by atoms with Crippen molar-refractivity contribution in [3.63, 3.8) is 0 Å². The van der Waals surface area contributed by atoms with Gasteiger partial charge in [0.05, 0.1) is 17.9 Å². The lowest BCUT2D eigenvalue weighted by molar-refractivity contribution is -0.149. The number of rotatable bonds is 10. The number of ether oxygens (including phenoxy) is 2. The molecular formula is C33H36N2O4S. The number of para-hydroxylation sites is 2. The van der Waals surface area contributed by atoms with Gasteiger partial charge in [-0.2, -0.15) is 0 Å². The predicted octanol–water partition coefficient (Wildman–Crippen LogP) is 7.11. The minimum absolute atomic E-state index is 0.159. The summed E-state index contributed by atoms with van der Waals surface area (Å²) in [6.45, 7) is 5.41. The molecule has 0 saturated heterocycles. The van der Waals surface area contributed by atoms with Crippen LogP contribution in [0, 0.1) is 0 Å². The molecule has 2 unspecified atom stereocenters. The van der Waals surface area contributed by atoms with E-state index in [4.69, 9.17) is 15.2 Å². The third-order valence-corrected chi connectivity index (χ3v) is 7.56. The van der Waals surface area contributed by atoms with Gasteiger partial charge in [0.15, 0.2) is 6.10 Å². The fourth-order valence-corrected chi connectivity index (χ4v) is 5.48. The molecule has 0 aromatic heterocycles. The summed E-state index contributed by atoms with van der Waals surface area (Å²) >= 11 is 1.79. The summed E-state index contributed by atoms with van der Waals surface area (Å²) < 4.78 is 11.3. The number of carboxylic acids is 1. The maximum absolute atomic E-state index is 11.3. The first-order valence-corrected chi connectivity index (χ1v) is 14.3. The first kappa shape index (κ1) is 29.2. The Hall–Kier alpha value is -3.78. The van der Waals surface area contributed by atoms with E-state index in [0.717, 1.165) is 17.9 Å². The smallest absolute Gasteiger partial charge is 0.333 e. The molecule has 6 nitrogen and oxygen atoms in total. The van der Waals surface area contributed by atoms with E-state index in [1.54, 1.807) is 18.7 Å². The zero-order chi connectivity index (χ0) is 28.3. The van der Waals surface area contributed by atoms with Crippen molar-refractivity contribution in [3.8, 4) is 5.75 Å². The van der Waals surface area contributed by atoms with Gasteiger partial charge in [0, 0.05) is 28.9 Å². The van der Waals surface area contributed by atoms with Gasteiger partial charge in [-0.3, -0.25) is 0 Å². The van der Waals surface area contributed by atoms with E-state index < -0.39 is 12.1 Å². The SMILES string of the molecule is CC(N)c1ccccc1.CCOC(Cc1ccc(OCCN2c3ccccc3Sc3ccccc32)cc1)C(=O)O. The van der Waals surface area contributed by atoms with Crippen molar-refractivity contribution in [1.82, 2.24) is 0 Å². The van der Waals surface area contributed by atoms with Crippen LogP contribution in [0.1, 0.15) is 31.0 Å². The van der Waals surface area contributed by atoms with Crippen LogP contribution >= 0.6 is 11.8 Å². The molecule has 3 N–H and O–H groups in total. The number of anilines is 2. The number of carbonyl (C=O) groups is 1. The fraction of sp³-hybridized carbons (Fsp3) is 0.242. The summed E-state index contributed by atoms with van der Waals surface area (Å²) in [4.78, 5) is 16.1. The number of hydrogen-bond acceptors (Lipinski definition) is 6. The fourth-order valence-electron chi connectivity index (χ4n) is 4.39.